The minimum Gasteiger partial charge on any atom is -0.459 e. The Hall–Kier alpha value is -3.39. The number of benzene rings is 1. The summed E-state index contributed by atoms with van der Waals surface area (Å²) in [4.78, 5) is 24.7. The van der Waals surface area contributed by atoms with Gasteiger partial charge in [0.05, 0.1) is 12.3 Å². The molecule has 3 aromatic rings. The van der Waals surface area contributed by atoms with Crippen LogP contribution >= 0.6 is 0 Å². The Morgan fingerprint density at radius 2 is 2.10 bits per heavy atom. The van der Waals surface area contributed by atoms with Gasteiger partial charge in [-0.2, -0.15) is 5.10 Å². The Morgan fingerprint density at radius 1 is 1.21 bits per heavy atom. The number of amides is 2. The molecular weight excluding hydrogens is 370 g/mol. The molecule has 0 saturated carbocycles. The van der Waals surface area contributed by atoms with E-state index in [0.29, 0.717) is 17.1 Å². The zero-order chi connectivity index (χ0) is 20.2. The van der Waals surface area contributed by atoms with Gasteiger partial charge in [0.25, 0.3) is 11.8 Å². The number of nitrogens with zero attached hydrogens (tertiary/aromatic N) is 2. The molecule has 2 aromatic heterocycles. The highest BCUT2D eigenvalue weighted by Crippen LogP contribution is 2.21. The number of nitrogens with one attached hydrogen (secondary N) is 3. The summed E-state index contributed by atoms with van der Waals surface area (Å²) >= 11 is 0. The first kappa shape index (κ1) is 18.9. The van der Waals surface area contributed by atoms with E-state index in [2.05, 4.69) is 21.0 Å². The van der Waals surface area contributed by atoms with Crippen molar-refractivity contribution in [2.75, 3.05) is 23.7 Å². The average molecular weight is 393 g/mol. The molecule has 1 aromatic carbocycles. The Balaban J connectivity index is 1.40. The van der Waals surface area contributed by atoms with E-state index >= 15 is 0 Å². The lowest BCUT2D eigenvalue weighted by molar-refractivity contribution is 0.0993. The van der Waals surface area contributed by atoms with Crippen molar-refractivity contribution >= 4 is 23.2 Å². The number of carbonyl (C=O) groups excluding carboxylic acids is 2. The number of hydrogen-bond acceptors (Lipinski definition) is 5. The van der Waals surface area contributed by atoms with Crippen LogP contribution in [0.1, 0.15) is 45.5 Å². The minimum atomic E-state index is -0.322. The molecule has 0 bridgehead atoms. The summed E-state index contributed by atoms with van der Waals surface area (Å²) in [5.74, 6) is -0.345. The molecule has 0 aliphatic carbocycles. The number of furan rings is 1. The highest BCUT2D eigenvalue weighted by atomic mass is 16.3. The third-order valence-electron chi connectivity index (χ3n) is 4.96. The topological polar surface area (TPSA) is 101 Å². The van der Waals surface area contributed by atoms with Crippen LogP contribution in [0.15, 0.2) is 53.3 Å². The van der Waals surface area contributed by atoms with Gasteiger partial charge in [-0.1, -0.05) is 0 Å². The minimum absolute atomic E-state index is 0.241. The van der Waals surface area contributed by atoms with Crippen LogP contribution < -0.4 is 16.0 Å². The van der Waals surface area contributed by atoms with E-state index in [1.165, 1.54) is 6.26 Å². The van der Waals surface area contributed by atoms with Gasteiger partial charge in [0, 0.05) is 24.1 Å². The van der Waals surface area contributed by atoms with Crippen molar-refractivity contribution in [1.82, 2.24) is 15.1 Å². The molecule has 3 heterocycles. The van der Waals surface area contributed by atoms with Gasteiger partial charge in [-0.25, -0.2) is 0 Å². The summed E-state index contributed by atoms with van der Waals surface area (Å²) in [6.07, 6.45) is 5.46. The lowest BCUT2D eigenvalue weighted by atomic mass is 10.1. The van der Waals surface area contributed by atoms with Gasteiger partial charge in [-0.15, -0.1) is 0 Å². The van der Waals surface area contributed by atoms with Crippen LogP contribution in [0.3, 0.4) is 0 Å². The van der Waals surface area contributed by atoms with Crippen molar-refractivity contribution in [2.45, 2.75) is 25.8 Å². The number of carbonyl (C=O) groups is 2. The van der Waals surface area contributed by atoms with Crippen molar-refractivity contribution < 1.29 is 14.0 Å². The van der Waals surface area contributed by atoms with Gasteiger partial charge in [-0.3, -0.25) is 14.3 Å². The number of anilines is 2. The zero-order valence-corrected chi connectivity index (χ0v) is 16.1. The van der Waals surface area contributed by atoms with E-state index in [0.717, 1.165) is 31.5 Å². The van der Waals surface area contributed by atoms with Crippen molar-refractivity contribution in [3.8, 4) is 0 Å². The van der Waals surface area contributed by atoms with Crippen LogP contribution in [0.4, 0.5) is 11.4 Å². The number of aryl methyl sites for hydroxylation is 1. The molecular formula is C21H23N5O3. The summed E-state index contributed by atoms with van der Waals surface area (Å²) in [5.41, 5.74) is 2.49. The maximum absolute atomic E-state index is 12.6. The molecule has 1 aliphatic heterocycles. The first-order valence-electron chi connectivity index (χ1n) is 9.63. The smallest absolute Gasteiger partial charge is 0.291 e. The second-order valence-electron chi connectivity index (χ2n) is 7.10. The molecule has 8 heteroatoms. The van der Waals surface area contributed by atoms with Gasteiger partial charge in [0.1, 0.15) is 0 Å². The molecule has 0 radical (unpaired) electrons. The standard InChI is InChI=1S/C21H23N5O3/c1-14-12-15(6-7-17(14)24-21(28)19-5-3-11-29-19)23-20(27)18-8-10-26(25-18)16-4-2-9-22-13-16/h3,5-8,10-12,16,22H,2,4,9,13H2,1H3,(H,23,27)(H,24,28). The summed E-state index contributed by atoms with van der Waals surface area (Å²) in [6, 6.07) is 10.6. The molecule has 8 nitrogen and oxygen atoms in total. The largest absolute Gasteiger partial charge is 0.459 e. The fraction of sp³-hybridized carbons (Fsp3) is 0.286. The predicted molar refractivity (Wildman–Crippen MR) is 109 cm³/mol. The normalized spacial score (nSPS) is 16.4. The molecule has 29 heavy (non-hydrogen) atoms. The van der Waals surface area contributed by atoms with Crippen LogP contribution in [0.2, 0.25) is 0 Å². The third kappa shape index (κ3) is 4.38. The zero-order valence-electron chi connectivity index (χ0n) is 16.1. The number of hydrogen-bond donors (Lipinski definition) is 3. The highest BCUT2D eigenvalue weighted by Gasteiger charge is 2.18. The Bertz CT molecular complexity index is 1000. The molecule has 3 N–H and O–H groups in total. The summed E-state index contributed by atoms with van der Waals surface area (Å²) < 4.78 is 6.96. The Morgan fingerprint density at radius 3 is 2.83 bits per heavy atom. The van der Waals surface area contributed by atoms with E-state index in [-0.39, 0.29) is 23.6 Å². The summed E-state index contributed by atoms with van der Waals surface area (Å²) in [6.45, 7) is 3.76. The van der Waals surface area contributed by atoms with Crippen molar-refractivity contribution in [3.63, 3.8) is 0 Å². The van der Waals surface area contributed by atoms with Gasteiger partial charge in [0.2, 0.25) is 0 Å². The molecule has 1 saturated heterocycles. The maximum atomic E-state index is 12.6. The SMILES string of the molecule is Cc1cc(NC(=O)c2ccn(C3CCCNC3)n2)ccc1NC(=O)c1ccco1. The lowest BCUT2D eigenvalue weighted by Crippen LogP contribution is -2.32. The van der Waals surface area contributed by atoms with Crippen LogP contribution in [-0.2, 0) is 0 Å². The average Bonchev–Trinajstić information content (AvgIpc) is 3.43. The van der Waals surface area contributed by atoms with Crippen molar-refractivity contribution in [1.29, 1.82) is 0 Å². The molecule has 4 rings (SSSR count). The molecule has 0 spiro atoms. The van der Waals surface area contributed by atoms with E-state index in [1.54, 1.807) is 36.4 Å². The van der Waals surface area contributed by atoms with E-state index in [4.69, 9.17) is 4.42 Å². The maximum Gasteiger partial charge on any atom is 0.291 e. The highest BCUT2D eigenvalue weighted by molar-refractivity contribution is 6.04. The first-order chi connectivity index (χ1) is 14.1. The summed E-state index contributed by atoms with van der Waals surface area (Å²) in [5, 5.41) is 13.4. The first-order valence-corrected chi connectivity index (χ1v) is 9.63. The lowest BCUT2D eigenvalue weighted by Gasteiger charge is -2.22. The third-order valence-corrected chi connectivity index (χ3v) is 4.96. The quantitative estimate of drug-likeness (QED) is 0.618. The monoisotopic (exact) mass is 393 g/mol. The second kappa shape index (κ2) is 8.32. The predicted octanol–water partition coefficient (Wildman–Crippen LogP) is 3.21. The van der Waals surface area contributed by atoms with E-state index < -0.39 is 0 Å². The molecule has 1 aliphatic rings. The second-order valence-corrected chi connectivity index (χ2v) is 7.10. The number of rotatable bonds is 5. The van der Waals surface area contributed by atoms with Crippen LogP contribution in [-0.4, -0.2) is 34.7 Å². The fourth-order valence-corrected chi connectivity index (χ4v) is 3.39. The van der Waals surface area contributed by atoms with Gasteiger partial charge in [-0.05, 0) is 68.3 Å². The number of piperidine rings is 1. The Labute approximate surface area is 168 Å². The molecule has 150 valence electrons. The molecule has 2 amide bonds. The van der Waals surface area contributed by atoms with Crippen molar-refractivity contribution in [2.24, 2.45) is 0 Å². The summed E-state index contributed by atoms with van der Waals surface area (Å²) in [7, 11) is 0. The van der Waals surface area contributed by atoms with Gasteiger partial charge >= 0.3 is 0 Å². The van der Waals surface area contributed by atoms with E-state index in [1.807, 2.05) is 17.8 Å². The van der Waals surface area contributed by atoms with Crippen LogP contribution in [0, 0.1) is 6.92 Å². The molecule has 1 fully saturated rings. The van der Waals surface area contributed by atoms with Crippen molar-refractivity contribution in [3.05, 3.63) is 65.9 Å². The van der Waals surface area contributed by atoms with Gasteiger partial charge < -0.3 is 20.4 Å². The van der Waals surface area contributed by atoms with Crippen LogP contribution in [0.5, 0.6) is 0 Å². The molecule has 1 atom stereocenters. The van der Waals surface area contributed by atoms with Gasteiger partial charge in [0.15, 0.2) is 11.5 Å². The Kier molecular flexibility index (Phi) is 5.44. The fourth-order valence-electron chi connectivity index (χ4n) is 3.39. The molecule has 1 unspecified atom stereocenters. The van der Waals surface area contributed by atoms with E-state index in [9.17, 15) is 9.59 Å². The number of aromatic nitrogens is 2. The van der Waals surface area contributed by atoms with Crippen LogP contribution in [0.25, 0.3) is 0 Å².